The molecule has 0 fully saturated rings. The summed E-state index contributed by atoms with van der Waals surface area (Å²) in [4.78, 5) is 1.20. The molecule has 0 saturated heterocycles. The predicted octanol–water partition coefficient (Wildman–Crippen LogP) is 3.07. The van der Waals surface area contributed by atoms with Gasteiger partial charge >= 0.3 is 0 Å². The summed E-state index contributed by atoms with van der Waals surface area (Å²) in [5.41, 5.74) is 2.33. The highest BCUT2D eigenvalue weighted by molar-refractivity contribution is 7.09. The zero-order valence-electron chi connectivity index (χ0n) is 10.5. The quantitative estimate of drug-likeness (QED) is 0.806. The molecular weight excluding hydrogens is 294 g/mol. The fourth-order valence-corrected chi connectivity index (χ4v) is 2.92. The molecule has 0 aliphatic rings. The SMILES string of the molecule is OCc1nnn(-c2cccc(Cl)c2)c1Cc1cccs1. The standard InChI is InChI=1S/C14H12ClN3OS/c15-10-3-1-4-11(7-10)18-14(13(9-19)16-17-18)8-12-5-2-6-20-12/h1-7,19H,8-9H2. The van der Waals surface area contributed by atoms with Crippen molar-refractivity contribution in [3.63, 3.8) is 0 Å². The maximum atomic E-state index is 9.42. The van der Waals surface area contributed by atoms with Gasteiger partial charge in [-0.2, -0.15) is 0 Å². The van der Waals surface area contributed by atoms with Gasteiger partial charge in [0.15, 0.2) is 0 Å². The Morgan fingerprint density at radius 1 is 1.25 bits per heavy atom. The molecule has 20 heavy (non-hydrogen) atoms. The van der Waals surface area contributed by atoms with Gasteiger partial charge in [-0.15, -0.1) is 16.4 Å². The normalized spacial score (nSPS) is 10.9. The summed E-state index contributed by atoms with van der Waals surface area (Å²) in [6.07, 6.45) is 0.688. The lowest BCUT2D eigenvalue weighted by molar-refractivity contribution is 0.275. The van der Waals surface area contributed by atoms with Gasteiger partial charge in [-0.1, -0.05) is 28.9 Å². The average molecular weight is 306 g/mol. The van der Waals surface area contributed by atoms with Gasteiger partial charge in [0, 0.05) is 16.3 Å². The second-order valence-electron chi connectivity index (χ2n) is 4.29. The van der Waals surface area contributed by atoms with E-state index in [-0.39, 0.29) is 6.61 Å². The molecule has 6 heteroatoms. The van der Waals surface area contributed by atoms with Gasteiger partial charge in [-0.05, 0) is 29.6 Å². The molecule has 0 spiro atoms. The van der Waals surface area contributed by atoms with Crippen molar-refractivity contribution in [2.75, 3.05) is 0 Å². The van der Waals surface area contributed by atoms with Crippen molar-refractivity contribution in [3.05, 3.63) is 63.1 Å². The molecule has 1 N–H and O–H groups in total. The number of aromatic nitrogens is 3. The van der Waals surface area contributed by atoms with Crippen molar-refractivity contribution in [2.24, 2.45) is 0 Å². The first-order valence-electron chi connectivity index (χ1n) is 6.10. The zero-order valence-corrected chi connectivity index (χ0v) is 12.1. The summed E-state index contributed by atoms with van der Waals surface area (Å²) in [6, 6.07) is 11.5. The van der Waals surface area contributed by atoms with Crippen molar-refractivity contribution in [1.82, 2.24) is 15.0 Å². The van der Waals surface area contributed by atoms with Crippen LogP contribution in [0.4, 0.5) is 0 Å². The number of hydrogen-bond acceptors (Lipinski definition) is 4. The lowest BCUT2D eigenvalue weighted by Gasteiger charge is -2.07. The number of rotatable bonds is 4. The Bertz CT molecular complexity index is 709. The van der Waals surface area contributed by atoms with Crippen LogP contribution in [0.1, 0.15) is 16.3 Å². The number of halogens is 1. The maximum absolute atomic E-state index is 9.42. The highest BCUT2D eigenvalue weighted by atomic mass is 35.5. The van der Waals surface area contributed by atoms with E-state index in [1.165, 1.54) is 4.88 Å². The molecular formula is C14H12ClN3OS. The van der Waals surface area contributed by atoms with Crippen LogP contribution in [-0.4, -0.2) is 20.1 Å². The Labute approximate surface area is 125 Å². The van der Waals surface area contributed by atoms with Gasteiger partial charge in [-0.25, -0.2) is 4.68 Å². The van der Waals surface area contributed by atoms with Crippen LogP contribution in [0.5, 0.6) is 0 Å². The lowest BCUT2D eigenvalue weighted by Crippen LogP contribution is -2.04. The van der Waals surface area contributed by atoms with Crippen LogP contribution in [0.25, 0.3) is 5.69 Å². The Balaban J connectivity index is 2.05. The van der Waals surface area contributed by atoms with Gasteiger partial charge in [0.05, 0.1) is 18.0 Å². The highest BCUT2D eigenvalue weighted by Crippen LogP contribution is 2.21. The fourth-order valence-electron chi connectivity index (χ4n) is 2.03. The monoisotopic (exact) mass is 305 g/mol. The second kappa shape index (κ2) is 5.75. The predicted molar refractivity (Wildman–Crippen MR) is 79.4 cm³/mol. The van der Waals surface area contributed by atoms with Crippen LogP contribution in [0.15, 0.2) is 41.8 Å². The molecule has 1 aromatic carbocycles. The van der Waals surface area contributed by atoms with Gasteiger partial charge in [0.25, 0.3) is 0 Å². The van der Waals surface area contributed by atoms with Gasteiger partial charge in [0.2, 0.25) is 0 Å². The summed E-state index contributed by atoms with van der Waals surface area (Å²) in [7, 11) is 0. The molecule has 2 heterocycles. The van der Waals surface area contributed by atoms with Crippen molar-refractivity contribution in [2.45, 2.75) is 13.0 Å². The summed E-state index contributed by atoms with van der Waals surface area (Å²) in [6.45, 7) is -0.124. The molecule has 102 valence electrons. The number of aliphatic hydroxyl groups is 1. The molecule has 2 aromatic heterocycles. The minimum Gasteiger partial charge on any atom is -0.390 e. The molecule has 0 saturated carbocycles. The summed E-state index contributed by atoms with van der Waals surface area (Å²) < 4.78 is 1.73. The number of nitrogens with zero attached hydrogens (tertiary/aromatic N) is 3. The third kappa shape index (κ3) is 2.60. The molecule has 0 bridgehead atoms. The smallest absolute Gasteiger partial charge is 0.112 e. The van der Waals surface area contributed by atoms with E-state index in [9.17, 15) is 5.11 Å². The molecule has 0 unspecified atom stereocenters. The number of benzene rings is 1. The summed E-state index contributed by atoms with van der Waals surface area (Å²) in [5.74, 6) is 0. The molecule has 4 nitrogen and oxygen atoms in total. The molecule has 0 aliphatic carbocycles. The van der Waals surface area contributed by atoms with Gasteiger partial charge in [0.1, 0.15) is 5.69 Å². The van der Waals surface area contributed by atoms with E-state index in [4.69, 9.17) is 11.6 Å². The molecule has 0 aliphatic heterocycles. The first-order valence-corrected chi connectivity index (χ1v) is 7.36. The minimum absolute atomic E-state index is 0.124. The van der Waals surface area contributed by atoms with Crippen molar-refractivity contribution >= 4 is 22.9 Å². The first-order chi connectivity index (χ1) is 9.78. The van der Waals surface area contributed by atoms with E-state index in [2.05, 4.69) is 16.4 Å². The van der Waals surface area contributed by atoms with Crippen LogP contribution in [0.2, 0.25) is 5.02 Å². The first kappa shape index (κ1) is 13.3. The molecule has 3 rings (SSSR count). The van der Waals surface area contributed by atoms with Crippen LogP contribution in [-0.2, 0) is 13.0 Å². The van der Waals surface area contributed by atoms with E-state index >= 15 is 0 Å². The molecule has 3 aromatic rings. The summed E-state index contributed by atoms with van der Waals surface area (Å²) in [5, 5.41) is 20.3. The van der Waals surface area contributed by atoms with Gasteiger partial charge < -0.3 is 5.11 Å². The van der Waals surface area contributed by atoms with E-state index < -0.39 is 0 Å². The topological polar surface area (TPSA) is 50.9 Å². The third-order valence-corrected chi connectivity index (χ3v) is 4.08. The Morgan fingerprint density at radius 3 is 2.85 bits per heavy atom. The lowest BCUT2D eigenvalue weighted by atomic mass is 10.2. The second-order valence-corrected chi connectivity index (χ2v) is 5.76. The fraction of sp³-hybridized carbons (Fsp3) is 0.143. The van der Waals surface area contributed by atoms with Crippen LogP contribution < -0.4 is 0 Å². The van der Waals surface area contributed by atoms with Gasteiger partial charge in [-0.3, -0.25) is 0 Å². The zero-order chi connectivity index (χ0) is 13.9. The van der Waals surface area contributed by atoms with Crippen molar-refractivity contribution < 1.29 is 5.11 Å². The van der Waals surface area contributed by atoms with Crippen molar-refractivity contribution in [1.29, 1.82) is 0 Å². The molecule has 0 atom stereocenters. The average Bonchev–Trinajstić information content (AvgIpc) is 3.08. The Kier molecular flexibility index (Phi) is 3.82. The Hall–Kier alpha value is -1.69. The summed E-state index contributed by atoms with van der Waals surface area (Å²) >= 11 is 7.69. The maximum Gasteiger partial charge on any atom is 0.112 e. The largest absolute Gasteiger partial charge is 0.390 e. The minimum atomic E-state index is -0.124. The Morgan fingerprint density at radius 2 is 2.15 bits per heavy atom. The van der Waals surface area contributed by atoms with Crippen LogP contribution in [0, 0.1) is 0 Å². The number of thiophene rings is 1. The van der Waals surface area contributed by atoms with Crippen LogP contribution >= 0.6 is 22.9 Å². The van der Waals surface area contributed by atoms with E-state index in [1.807, 2.05) is 35.7 Å². The van der Waals surface area contributed by atoms with Crippen LogP contribution in [0.3, 0.4) is 0 Å². The molecule has 0 radical (unpaired) electrons. The molecule has 0 amide bonds. The third-order valence-electron chi connectivity index (χ3n) is 2.97. The van der Waals surface area contributed by atoms with E-state index in [1.54, 1.807) is 16.0 Å². The van der Waals surface area contributed by atoms with E-state index in [0.717, 1.165) is 11.4 Å². The van der Waals surface area contributed by atoms with E-state index in [0.29, 0.717) is 17.1 Å². The highest BCUT2D eigenvalue weighted by Gasteiger charge is 2.14. The van der Waals surface area contributed by atoms with Crippen molar-refractivity contribution in [3.8, 4) is 5.69 Å². The number of aliphatic hydroxyl groups excluding tert-OH is 1. The number of hydrogen-bond donors (Lipinski definition) is 1.